The fourth-order valence-electron chi connectivity index (χ4n) is 4.09. The third-order valence-electron chi connectivity index (χ3n) is 5.31. The van der Waals surface area contributed by atoms with Gasteiger partial charge in [0.1, 0.15) is 12.3 Å². The molecule has 132 valence electrons. The quantitative estimate of drug-likeness (QED) is 0.706. The highest BCUT2D eigenvalue weighted by molar-refractivity contribution is 6.13. The van der Waals surface area contributed by atoms with Crippen LogP contribution in [0.3, 0.4) is 0 Å². The first kappa shape index (κ1) is 15.8. The van der Waals surface area contributed by atoms with E-state index in [1.54, 1.807) is 0 Å². The van der Waals surface area contributed by atoms with Crippen LogP contribution < -0.4 is 10.7 Å². The number of aromatic nitrogens is 1. The molecule has 5 nitrogen and oxygen atoms in total. The smallest absolute Gasteiger partial charge is 0.148 e. The minimum Gasteiger partial charge on any atom is -0.377 e. The van der Waals surface area contributed by atoms with Crippen LogP contribution >= 0.6 is 0 Å². The Labute approximate surface area is 157 Å². The highest BCUT2D eigenvalue weighted by Crippen LogP contribution is 2.45. The number of hydrogen-bond acceptors (Lipinski definition) is 5. The van der Waals surface area contributed by atoms with E-state index in [-0.39, 0.29) is 12.0 Å². The van der Waals surface area contributed by atoms with Crippen LogP contribution in [0.5, 0.6) is 0 Å². The van der Waals surface area contributed by atoms with E-state index in [4.69, 9.17) is 0 Å². The summed E-state index contributed by atoms with van der Waals surface area (Å²) in [6, 6.07) is 20.1. The summed E-state index contributed by atoms with van der Waals surface area (Å²) in [6.07, 6.45) is 4.53. The number of carbonyl (C=O) groups is 1. The fourth-order valence-corrected chi connectivity index (χ4v) is 4.09. The molecule has 3 atom stereocenters. The van der Waals surface area contributed by atoms with Crippen molar-refractivity contribution in [3.05, 3.63) is 95.3 Å². The molecule has 2 N–H and O–H groups in total. The van der Waals surface area contributed by atoms with E-state index < -0.39 is 6.04 Å². The molecule has 0 radical (unpaired) electrons. The summed E-state index contributed by atoms with van der Waals surface area (Å²) in [6.45, 7) is 0. The summed E-state index contributed by atoms with van der Waals surface area (Å²) in [5, 5.41) is 8.36. The molecule has 0 spiro atoms. The molecule has 0 saturated carbocycles. The predicted molar refractivity (Wildman–Crippen MR) is 105 cm³/mol. The van der Waals surface area contributed by atoms with Crippen molar-refractivity contribution < 1.29 is 4.79 Å². The lowest BCUT2D eigenvalue weighted by Crippen LogP contribution is -2.38. The minimum absolute atomic E-state index is 0.0161. The van der Waals surface area contributed by atoms with Crippen molar-refractivity contribution in [3.8, 4) is 0 Å². The van der Waals surface area contributed by atoms with Crippen LogP contribution in [0.4, 0.5) is 5.69 Å². The molecule has 5 heteroatoms. The Hall–Kier alpha value is -3.47. The van der Waals surface area contributed by atoms with E-state index in [1.807, 2.05) is 54.9 Å². The zero-order chi connectivity index (χ0) is 18.2. The van der Waals surface area contributed by atoms with E-state index >= 15 is 0 Å². The number of hydrazone groups is 1. The molecule has 0 saturated heterocycles. The second kappa shape index (κ2) is 6.36. The first-order valence-electron chi connectivity index (χ1n) is 9.00. The standard InChI is InChI=1S/C22H18N4O/c27-13-18-16-7-4-8-17-20(16)22(26-25-18)19(14-5-2-1-3-6-14)21(24-17)15-9-11-23-12-10-15/h1-13,18-19,21,24-25H. The van der Waals surface area contributed by atoms with Crippen LogP contribution in [0, 0.1) is 0 Å². The van der Waals surface area contributed by atoms with Gasteiger partial charge in [0.2, 0.25) is 0 Å². The predicted octanol–water partition coefficient (Wildman–Crippen LogP) is 3.58. The van der Waals surface area contributed by atoms with Crippen molar-refractivity contribution in [1.82, 2.24) is 10.4 Å². The van der Waals surface area contributed by atoms with Gasteiger partial charge in [-0.05, 0) is 34.9 Å². The normalized spacial score (nSPS) is 22.7. The second-order valence-corrected chi connectivity index (χ2v) is 6.80. The van der Waals surface area contributed by atoms with Gasteiger partial charge in [0, 0.05) is 23.6 Å². The van der Waals surface area contributed by atoms with E-state index in [2.05, 4.69) is 39.0 Å². The molecule has 5 rings (SSSR count). The molecule has 1 aromatic heterocycles. The number of rotatable bonds is 3. The van der Waals surface area contributed by atoms with E-state index in [0.29, 0.717) is 0 Å². The van der Waals surface area contributed by atoms with Gasteiger partial charge in [0.15, 0.2) is 0 Å². The maximum Gasteiger partial charge on any atom is 0.148 e. The Bertz CT molecular complexity index is 1020. The first-order chi connectivity index (χ1) is 13.4. The lowest BCUT2D eigenvalue weighted by Gasteiger charge is -2.39. The summed E-state index contributed by atoms with van der Waals surface area (Å²) in [7, 11) is 0. The summed E-state index contributed by atoms with van der Waals surface area (Å²) >= 11 is 0. The van der Waals surface area contributed by atoms with Gasteiger partial charge < -0.3 is 10.1 Å². The van der Waals surface area contributed by atoms with Crippen molar-refractivity contribution >= 4 is 17.7 Å². The van der Waals surface area contributed by atoms with Crippen LogP contribution in [-0.4, -0.2) is 17.0 Å². The maximum absolute atomic E-state index is 11.5. The van der Waals surface area contributed by atoms with Crippen molar-refractivity contribution in [3.63, 3.8) is 0 Å². The fraction of sp³-hybridized carbons (Fsp3) is 0.136. The van der Waals surface area contributed by atoms with Crippen LogP contribution in [0.15, 0.2) is 78.2 Å². The highest BCUT2D eigenvalue weighted by Gasteiger charge is 2.39. The number of benzene rings is 2. The zero-order valence-electron chi connectivity index (χ0n) is 14.5. The Morgan fingerprint density at radius 3 is 2.48 bits per heavy atom. The third-order valence-corrected chi connectivity index (χ3v) is 5.31. The van der Waals surface area contributed by atoms with Crippen molar-refractivity contribution in [2.45, 2.75) is 18.0 Å². The summed E-state index contributed by atoms with van der Waals surface area (Å²) in [5.41, 5.74) is 9.34. The third kappa shape index (κ3) is 2.51. The van der Waals surface area contributed by atoms with Gasteiger partial charge in [-0.25, -0.2) is 0 Å². The molecule has 3 heterocycles. The Morgan fingerprint density at radius 1 is 0.889 bits per heavy atom. The number of carbonyl (C=O) groups excluding carboxylic acids is 1. The number of hydrogen-bond donors (Lipinski definition) is 2. The number of pyridine rings is 1. The summed E-state index contributed by atoms with van der Waals surface area (Å²) in [4.78, 5) is 15.7. The summed E-state index contributed by atoms with van der Waals surface area (Å²) in [5.74, 6) is 0.0161. The molecule has 2 aliphatic rings. The van der Waals surface area contributed by atoms with Crippen LogP contribution in [0.2, 0.25) is 0 Å². The molecule has 0 aliphatic carbocycles. The average molecular weight is 354 g/mol. The van der Waals surface area contributed by atoms with Gasteiger partial charge in [-0.2, -0.15) is 5.10 Å². The number of anilines is 1. The highest BCUT2D eigenvalue weighted by atomic mass is 16.1. The second-order valence-electron chi connectivity index (χ2n) is 6.80. The van der Waals surface area contributed by atoms with Crippen molar-refractivity contribution in [2.75, 3.05) is 5.32 Å². The first-order valence-corrected chi connectivity index (χ1v) is 9.00. The largest absolute Gasteiger partial charge is 0.377 e. The Kier molecular flexibility index (Phi) is 3.71. The number of nitrogens with zero attached hydrogens (tertiary/aromatic N) is 2. The van der Waals surface area contributed by atoms with E-state index in [9.17, 15) is 4.79 Å². The molecule has 3 unspecified atom stereocenters. The van der Waals surface area contributed by atoms with Gasteiger partial charge in [0.25, 0.3) is 0 Å². The SMILES string of the molecule is O=CC1NN=C2c3c(cccc31)NC(c1ccncc1)C2c1ccccc1. The van der Waals surface area contributed by atoms with E-state index in [0.717, 1.165) is 34.4 Å². The van der Waals surface area contributed by atoms with Gasteiger partial charge in [0.05, 0.1) is 17.7 Å². The Morgan fingerprint density at radius 2 is 1.70 bits per heavy atom. The molecule has 3 aromatic rings. The minimum atomic E-state index is -0.417. The Balaban J connectivity index is 1.73. The van der Waals surface area contributed by atoms with Gasteiger partial charge in [-0.3, -0.25) is 10.4 Å². The molecule has 2 aliphatic heterocycles. The van der Waals surface area contributed by atoms with Crippen LogP contribution in [0.1, 0.15) is 40.3 Å². The molecular weight excluding hydrogens is 336 g/mol. The lowest BCUT2D eigenvalue weighted by atomic mass is 9.75. The zero-order valence-corrected chi connectivity index (χ0v) is 14.5. The van der Waals surface area contributed by atoms with Gasteiger partial charge in [-0.15, -0.1) is 0 Å². The molecular formula is C22H18N4O. The maximum atomic E-state index is 11.5. The molecule has 0 bridgehead atoms. The van der Waals surface area contributed by atoms with Crippen molar-refractivity contribution in [2.24, 2.45) is 5.10 Å². The van der Waals surface area contributed by atoms with Crippen LogP contribution in [-0.2, 0) is 4.79 Å². The number of nitrogens with one attached hydrogen (secondary N) is 2. The van der Waals surface area contributed by atoms with Crippen LogP contribution in [0.25, 0.3) is 0 Å². The monoisotopic (exact) mass is 354 g/mol. The van der Waals surface area contributed by atoms with Crippen molar-refractivity contribution in [1.29, 1.82) is 0 Å². The van der Waals surface area contributed by atoms with Gasteiger partial charge >= 0.3 is 0 Å². The van der Waals surface area contributed by atoms with E-state index in [1.165, 1.54) is 5.56 Å². The molecule has 27 heavy (non-hydrogen) atoms. The molecule has 0 fully saturated rings. The van der Waals surface area contributed by atoms with Gasteiger partial charge in [-0.1, -0.05) is 42.5 Å². The summed E-state index contributed by atoms with van der Waals surface area (Å²) < 4.78 is 0. The molecule has 2 aromatic carbocycles. The average Bonchev–Trinajstić information content (AvgIpc) is 2.75. The number of aldehydes is 1. The topological polar surface area (TPSA) is 66.4 Å². The molecule has 0 amide bonds. The lowest BCUT2D eigenvalue weighted by molar-refractivity contribution is -0.109.